The normalized spacial score (nSPS) is 10.4. The Bertz CT molecular complexity index is 430. The van der Waals surface area contributed by atoms with Gasteiger partial charge in [-0.2, -0.15) is 0 Å². The molecule has 0 amide bonds. The van der Waals surface area contributed by atoms with Crippen molar-refractivity contribution in [3.8, 4) is 0 Å². The number of esters is 1. The minimum atomic E-state index is -2.61. The van der Waals surface area contributed by atoms with Gasteiger partial charge in [0, 0.05) is 17.5 Å². The predicted octanol–water partition coefficient (Wildman–Crippen LogP) is 3.15. The first-order valence-electron chi connectivity index (χ1n) is 5.61. The summed E-state index contributed by atoms with van der Waals surface area (Å²) in [7, 11) is 0. The summed E-state index contributed by atoms with van der Waals surface area (Å²) >= 11 is 0. The van der Waals surface area contributed by atoms with Crippen molar-refractivity contribution >= 4 is 11.8 Å². The molecule has 0 aliphatic rings. The zero-order chi connectivity index (χ0) is 13.5. The molecule has 0 atom stereocenters. The Morgan fingerprint density at radius 3 is 2.61 bits per heavy atom. The zero-order valence-corrected chi connectivity index (χ0v) is 9.99. The molecule has 0 bridgehead atoms. The highest BCUT2D eigenvalue weighted by Gasteiger charge is 2.13. The lowest BCUT2D eigenvalue weighted by Crippen LogP contribution is -2.08. The fourth-order valence-electron chi connectivity index (χ4n) is 1.44. The van der Waals surface area contributed by atoms with Crippen LogP contribution in [0.3, 0.4) is 0 Å². The summed E-state index contributed by atoms with van der Waals surface area (Å²) in [5.41, 5.74) is -0.00548. The molecule has 0 aromatic heterocycles. The average molecular weight is 256 g/mol. The zero-order valence-electron chi connectivity index (χ0n) is 9.99. The van der Waals surface area contributed by atoms with E-state index in [1.165, 1.54) is 18.2 Å². The van der Waals surface area contributed by atoms with Crippen LogP contribution in [-0.2, 0) is 9.53 Å². The first kappa shape index (κ1) is 14.3. The molecule has 0 aliphatic carbocycles. The van der Waals surface area contributed by atoms with Gasteiger partial charge in [0.1, 0.15) is 0 Å². The Morgan fingerprint density at radius 2 is 2.00 bits per heavy atom. The number of Topliss-reactive ketones (excluding diaryl/α,β-unsaturated/α-hetero) is 1. The van der Waals surface area contributed by atoms with Crippen LogP contribution in [0.4, 0.5) is 8.78 Å². The molecule has 0 N–H and O–H groups in total. The van der Waals surface area contributed by atoms with E-state index in [1.807, 2.05) is 0 Å². The molecule has 0 fully saturated rings. The van der Waals surface area contributed by atoms with Crippen LogP contribution in [0, 0.1) is 0 Å². The van der Waals surface area contributed by atoms with Crippen molar-refractivity contribution in [2.24, 2.45) is 0 Å². The monoisotopic (exact) mass is 256 g/mol. The molecule has 5 heteroatoms. The summed E-state index contributed by atoms with van der Waals surface area (Å²) in [4.78, 5) is 22.7. The summed E-state index contributed by atoms with van der Waals surface area (Å²) in [5.74, 6) is -0.804. The van der Waals surface area contributed by atoms with Crippen LogP contribution in [0.25, 0.3) is 0 Å². The Kier molecular flexibility index (Phi) is 5.42. The SMILES string of the molecule is CCOC(=O)CCC(=O)c1cccc(C(F)F)c1. The third-order valence-corrected chi connectivity index (χ3v) is 2.32. The molecule has 0 saturated carbocycles. The van der Waals surface area contributed by atoms with Gasteiger partial charge >= 0.3 is 5.97 Å². The first-order chi connectivity index (χ1) is 8.54. The van der Waals surface area contributed by atoms with E-state index in [-0.39, 0.29) is 36.4 Å². The van der Waals surface area contributed by atoms with Gasteiger partial charge in [0.05, 0.1) is 13.0 Å². The fraction of sp³-hybridized carbons (Fsp3) is 0.385. The maximum absolute atomic E-state index is 12.4. The molecule has 0 radical (unpaired) electrons. The van der Waals surface area contributed by atoms with Crippen LogP contribution in [0.2, 0.25) is 0 Å². The smallest absolute Gasteiger partial charge is 0.306 e. The Balaban J connectivity index is 2.61. The van der Waals surface area contributed by atoms with Crippen LogP contribution >= 0.6 is 0 Å². The van der Waals surface area contributed by atoms with Crippen molar-refractivity contribution in [3.05, 3.63) is 35.4 Å². The predicted molar refractivity (Wildman–Crippen MR) is 61.6 cm³/mol. The van der Waals surface area contributed by atoms with E-state index in [2.05, 4.69) is 4.74 Å². The second-order valence-corrected chi connectivity index (χ2v) is 3.65. The van der Waals surface area contributed by atoms with Gasteiger partial charge in [0.25, 0.3) is 6.43 Å². The fourth-order valence-corrected chi connectivity index (χ4v) is 1.44. The quantitative estimate of drug-likeness (QED) is 0.580. The molecule has 1 aromatic rings. The van der Waals surface area contributed by atoms with E-state index < -0.39 is 12.4 Å². The number of carbonyl (C=O) groups is 2. The second kappa shape index (κ2) is 6.83. The number of halogens is 2. The number of benzene rings is 1. The van der Waals surface area contributed by atoms with Crippen molar-refractivity contribution in [1.29, 1.82) is 0 Å². The minimum Gasteiger partial charge on any atom is -0.466 e. The Labute approximate surface area is 104 Å². The lowest BCUT2D eigenvalue weighted by atomic mass is 10.0. The lowest BCUT2D eigenvalue weighted by Gasteiger charge is -2.04. The maximum atomic E-state index is 12.4. The summed E-state index contributed by atoms with van der Waals surface area (Å²) in [5, 5.41) is 0. The highest BCUT2D eigenvalue weighted by atomic mass is 19.3. The lowest BCUT2D eigenvalue weighted by molar-refractivity contribution is -0.143. The maximum Gasteiger partial charge on any atom is 0.306 e. The van der Waals surface area contributed by atoms with Crippen molar-refractivity contribution in [2.75, 3.05) is 6.61 Å². The van der Waals surface area contributed by atoms with Gasteiger partial charge in [0.15, 0.2) is 5.78 Å². The molecule has 0 spiro atoms. The van der Waals surface area contributed by atoms with E-state index in [4.69, 9.17) is 0 Å². The van der Waals surface area contributed by atoms with Crippen LogP contribution in [0.15, 0.2) is 24.3 Å². The summed E-state index contributed by atoms with van der Waals surface area (Å²) < 4.78 is 29.6. The molecular weight excluding hydrogens is 242 g/mol. The summed E-state index contributed by atoms with van der Waals surface area (Å²) in [6.45, 7) is 1.93. The average Bonchev–Trinajstić information content (AvgIpc) is 2.36. The molecule has 98 valence electrons. The Hall–Kier alpha value is -1.78. The molecule has 0 aliphatic heterocycles. The number of ketones is 1. The third kappa shape index (κ3) is 4.24. The van der Waals surface area contributed by atoms with Gasteiger partial charge in [-0.3, -0.25) is 9.59 Å². The molecular formula is C13H14F2O3. The number of carbonyl (C=O) groups excluding carboxylic acids is 2. The molecule has 3 nitrogen and oxygen atoms in total. The standard InChI is InChI=1S/C13H14F2O3/c1-2-18-12(17)7-6-11(16)9-4-3-5-10(8-9)13(14)15/h3-5,8,13H,2,6-7H2,1H3. The van der Waals surface area contributed by atoms with Gasteiger partial charge in [-0.25, -0.2) is 8.78 Å². The number of rotatable bonds is 6. The third-order valence-electron chi connectivity index (χ3n) is 2.32. The van der Waals surface area contributed by atoms with E-state index in [0.29, 0.717) is 0 Å². The summed E-state index contributed by atoms with van der Waals surface area (Å²) in [6, 6.07) is 5.27. The minimum absolute atomic E-state index is 0.0361. The van der Waals surface area contributed by atoms with Crippen molar-refractivity contribution < 1.29 is 23.1 Å². The van der Waals surface area contributed by atoms with Crippen molar-refractivity contribution in [3.63, 3.8) is 0 Å². The van der Waals surface area contributed by atoms with Gasteiger partial charge in [-0.1, -0.05) is 18.2 Å². The highest BCUT2D eigenvalue weighted by molar-refractivity contribution is 5.97. The number of hydrogen-bond donors (Lipinski definition) is 0. The van der Waals surface area contributed by atoms with E-state index >= 15 is 0 Å². The van der Waals surface area contributed by atoms with Crippen molar-refractivity contribution in [2.45, 2.75) is 26.2 Å². The van der Waals surface area contributed by atoms with Gasteiger partial charge < -0.3 is 4.74 Å². The van der Waals surface area contributed by atoms with Gasteiger partial charge in [0.2, 0.25) is 0 Å². The number of hydrogen-bond acceptors (Lipinski definition) is 3. The second-order valence-electron chi connectivity index (χ2n) is 3.65. The largest absolute Gasteiger partial charge is 0.466 e. The number of alkyl halides is 2. The van der Waals surface area contributed by atoms with Crippen LogP contribution in [0.1, 0.15) is 42.1 Å². The van der Waals surface area contributed by atoms with Crippen LogP contribution < -0.4 is 0 Å². The number of ether oxygens (including phenoxy) is 1. The topological polar surface area (TPSA) is 43.4 Å². The molecule has 1 aromatic carbocycles. The highest BCUT2D eigenvalue weighted by Crippen LogP contribution is 2.20. The van der Waals surface area contributed by atoms with Gasteiger partial charge in [-0.05, 0) is 13.0 Å². The van der Waals surface area contributed by atoms with E-state index in [1.54, 1.807) is 6.92 Å². The van der Waals surface area contributed by atoms with Crippen molar-refractivity contribution in [1.82, 2.24) is 0 Å². The Morgan fingerprint density at radius 1 is 1.28 bits per heavy atom. The van der Waals surface area contributed by atoms with Gasteiger partial charge in [-0.15, -0.1) is 0 Å². The molecule has 0 heterocycles. The van der Waals surface area contributed by atoms with E-state index in [0.717, 1.165) is 6.07 Å². The summed E-state index contributed by atoms with van der Waals surface area (Å²) in [6.07, 6.45) is -2.68. The van der Waals surface area contributed by atoms with Crippen LogP contribution in [-0.4, -0.2) is 18.4 Å². The first-order valence-corrected chi connectivity index (χ1v) is 5.61. The molecule has 1 rings (SSSR count). The van der Waals surface area contributed by atoms with E-state index in [9.17, 15) is 18.4 Å². The molecule has 18 heavy (non-hydrogen) atoms. The molecule has 0 saturated heterocycles. The van der Waals surface area contributed by atoms with Crippen LogP contribution in [0.5, 0.6) is 0 Å². The molecule has 0 unspecified atom stereocenters.